The minimum atomic E-state index is 1.12. The second-order valence-corrected chi connectivity index (χ2v) is 5.79. The van der Waals surface area contributed by atoms with Crippen LogP contribution in [0.5, 0.6) is 0 Å². The first-order valence-electron chi connectivity index (χ1n) is 8.58. The Morgan fingerprint density at radius 3 is 1.90 bits per heavy atom. The lowest BCUT2D eigenvalue weighted by atomic mass is 10.00. The maximum atomic E-state index is 2.63. The van der Waals surface area contributed by atoms with Gasteiger partial charge in [-0.3, -0.25) is 4.90 Å². The Kier molecular flexibility index (Phi) is 8.60. The summed E-state index contributed by atoms with van der Waals surface area (Å²) in [4.78, 5) is 2.63. The third-order valence-corrected chi connectivity index (χ3v) is 4.09. The molecule has 0 amide bonds. The average molecular weight is 275 g/mol. The Hall–Kier alpha value is -0.820. The minimum Gasteiger partial charge on any atom is -0.299 e. The SMILES string of the molecule is CCCCN(CCCC)Cc1ccc(CC)c(CC)c1. The molecule has 0 radical (unpaired) electrons. The van der Waals surface area contributed by atoms with Crippen LogP contribution in [-0.2, 0) is 19.4 Å². The molecule has 0 spiro atoms. The number of aryl methyl sites for hydroxylation is 2. The van der Waals surface area contributed by atoms with Crippen LogP contribution in [-0.4, -0.2) is 18.0 Å². The predicted molar refractivity (Wildman–Crippen MR) is 90.3 cm³/mol. The Labute approximate surface area is 126 Å². The molecule has 0 saturated heterocycles. The van der Waals surface area contributed by atoms with Crippen LogP contribution >= 0.6 is 0 Å². The summed E-state index contributed by atoms with van der Waals surface area (Å²) in [6, 6.07) is 7.11. The van der Waals surface area contributed by atoms with E-state index in [1.54, 1.807) is 0 Å². The van der Waals surface area contributed by atoms with Crippen LogP contribution in [0.25, 0.3) is 0 Å². The largest absolute Gasteiger partial charge is 0.299 e. The van der Waals surface area contributed by atoms with Crippen LogP contribution in [0.2, 0.25) is 0 Å². The van der Waals surface area contributed by atoms with E-state index in [0.717, 1.165) is 19.4 Å². The summed E-state index contributed by atoms with van der Waals surface area (Å²) in [5.74, 6) is 0. The predicted octanol–water partition coefficient (Wildman–Crippen LogP) is 5.21. The summed E-state index contributed by atoms with van der Waals surface area (Å²) < 4.78 is 0. The summed E-state index contributed by atoms with van der Waals surface area (Å²) in [6.45, 7) is 12.7. The summed E-state index contributed by atoms with van der Waals surface area (Å²) in [6.07, 6.45) is 7.52. The molecule has 1 heteroatoms. The van der Waals surface area contributed by atoms with Gasteiger partial charge in [0.25, 0.3) is 0 Å². The smallest absolute Gasteiger partial charge is 0.0233 e. The van der Waals surface area contributed by atoms with E-state index >= 15 is 0 Å². The third-order valence-electron chi connectivity index (χ3n) is 4.09. The molecular formula is C19H33N. The van der Waals surface area contributed by atoms with Crippen LogP contribution in [0, 0.1) is 0 Å². The van der Waals surface area contributed by atoms with Crippen molar-refractivity contribution < 1.29 is 0 Å². The second kappa shape index (κ2) is 9.99. The number of nitrogens with zero attached hydrogens (tertiary/aromatic N) is 1. The number of hydrogen-bond donors (Lipinski definition) is 0. The van der Waals surface area contributed by atoms with Gasteiger partial charge in [0.2, 0.25) is 0 Å². The molecule has 20 heavy (non-hydrogen) atoms. The lowest BCUT2D eigenvalue weighted by Gasteiger charge is -2.22. The van der Waals surface area contributed by atoms with E-state index < -0.39 is 0 Å². The molecule has 0 aliphatic rings. The third kappa shape index (κ3) is 5.66. The van der Waals surface area contributed by atoms with Crippen LogP contribution in [0.3, 0.4) is 0 Å². The number of benzene rings is 1. The normalized spacial score (nSPS) is 11.2. The minimum absolute atomic E-state index is 1.12. The standard InChI is InChI=1S/C19H33N/c1-5-9-13-20(14-10-6-2)16-17-11-12-18(7-3)19(8-4)15-17/h11-12,15H,5-10,13-14,16H2,1-4H3. The van der Waals surface area contributed by atoms with Gasteiger partial charge in [-0.15, -0.1) is 0 Å². The summed E-state index contributed by atoms with van der Waals surface area (Å²) >= 11 is 0. The second-order valence-electron chi connectivity index (χ2n) is 5.79. The molecule has 0 atom stereocenters. The maximum absolute atomic E-state index is 2.63. The first-order chi connectivity index (χ1) is 9.74. The molecule has 0 saturated carbocycles. The molecule has 0 bridgehead atoms. The summed E-state index contributed by atoms with van der Waals surface area (Å²) in [5, 5.41) is 0. The highest BCUT2D eigenvalue weighted by Gasteiger charge is 2.07. The Morgan fingerprint density at radius 2 is 1.40 bits per heavy atom. The Morgan fingerprint density at radius 1 is 0.800 bits per heavy atom. The van der Waals surface area contributed by atoms with Crippen LogP contribution < -0.4 is 0 Å². The van der Waals surface area contributed by atoms with Crippen molar-refractivity contribution in [1.82, 2.24) is 4.90 Å². The van der Waals surface area contributed by atoms with Gasteiger partial charge in [0.15, 0.2) is 0 Å². The van der Waals surface area contributed by atoms with Crippen LogP contribution in [0.4, 0.5) is 0 Å². The van der Waals surface area contributed by atoms with Crippen LogP contribution in [0.1, 0.15) is 70.1 Å². The molecule has 0 unspecified atom stereocenters. The molecule has 0 N–H and O–H groups in total. The van der Waals surface area contributed by atoms with E-state index in [-0.39, 0.29) is 0 Å². The molecule has 114 valence electrons. The topological polar surface area (TPSA) is 3.24 Å². The zero-order chi connectivity index (χ0) is 14.8. The zero-order valence-corrected chi connectivity index (χ0v) is 14.0. The fourth-order valence-electron chi connectivity index (χ4n) is 2.74. The first kappa shape index (κ1) is 17.2. The molecule has 1 aromatic carbocycles. The highest BCUT2D eigenvalue weighted by Crippen LogP contribution is 2.16. The van der Waals surface area contributed by atoms with Crippen molar-refractivity contribution in [2.45, 2.75) is 72.8 Å². The van der Waals surface area contributed by atoms with Crippen molar-refractivity contribution in [2.75, 3.05) is 13.1 Å². The molecule has 0 heterocycles. The first-order valence-corrected chi connectivity index (χ1v) is 8.58. The van der Waals surface area contributed by atoms with E-state index in [1.807, 2.05) is 0 Å². The molecule has 0 fully saturated rings. The van der Waals surface area contributed by atoms with E-state index in [0.29, 0.717) is 0 Å². The highest BCUT2D eigenvalue weighted by molar-refractivity contribution is 5.32. The quantitative estimate of drug-likeness (QED) is 0.566. The average Bonchev–Trinajstić information content (AvgIpc) is 2.49. The van der Waals surface area contributed by atoms with Crippen LogP contribution in [0.15, 0.2) is 18.2 Å². The van der Waals surface area contributed by atoms with E-state index in [2.05, 4.69) is 50.8 Å². The van der Waals surface area contributed by atoms with E-state index in [9.17, 15) is 0 Å². The molecular weight excluding hydrogens is 242 g/mol. The molecule has 1 rings (SSSR count). The summed E-state index contributed by atoms with van der Waals surface area (Å²) in [5.41, 5.74) is 4.55. The zero-order valence-electron chi connectivity index (χ0n) is 14.0. The number of unbranched alkanes of at least 4 members (excludes halogenated alkanes) is 2. The number of rotatable bonds is 10. The van der Waals surface area contributed by atoms with Gasteiger partial charge >= 0.3 is 0 Å². The molecule has 0 aromatic heterocycles. The highest BCUT2D eigenvalue weighted by atomic mass is 15.1. The van der Waals surface area contributed by atoms with E-state index in [4.69, 9.17) is 0 Å². The van der Waals surface area contributed by atoms with Gasteiger partial charge in [-0.1, -0.05) is 58.7 Å². The van der Waals surface area contributed by atoms with Gasteiger partial charge in [0.05, 0.1) is 0 Å². The monoisotopic (exact) mass is 275 g/mol. The fraction of sp³-hybridized carbons (Fsp3) is 0.684. The maximum Gasteiger partial charge on any atom is 0.0233 e. The van der Waals surface area contributed by atoms with Crippen molar-refractivity contribution in [2.24, 2.45) is 0 Å². The molecule has 0 aliphatic carbocycles. The van der Waals surface area contributed by atoms with Gasteiger partial charge < -0.3 is 0 Å². The molecule has 1 aromatic rings. The van der Waals surface area contributed by atoms with Crippen molar-refractivity contribution in [1.29, 1.82) is 0 Å². The van der Waals surface area contributed by atoms with Crippen molar-refractivity contribution in [3.05, 3.63) is 34.9 Å². The Balaban J connectivity index is 2.70. The number of hydrogen-bond acceptors (Lipinski definition) is 1. The fourth-order valence-corrected chi connectivity index (χ4v) is 2.74. The van der Waals surface area contributed by atoms with Crippen molar-refractivity contribution in [3.63, 3.8) is 0 Å². The van der Waals surface area contributed by atoms with Gasteiger partial charge in [0, 0.05) is 6.54 Å². The lowest BCUT2D eigenvalue weighted by molar-refractivity contribution is 0.257. The van der Waals surface area contributed by atoms with Crippen molar-refractivity contribution >= 4 is 0 Å². The van der Waals surface area contributed by atoms with Gasteiger partial charge in [-0.2, -0.15) is 0 Å². The summed E-state index contributed by atoms with van der Waals surface area (Å²) in [7, 11) is 0. The lowest BCUT2D eigenvalue weighted by Crippen LogP contribution is -2.25. The van der Waals surface area contributed by atoms with Gasteiger partial charge in [0.1, 0.15) is 0 Å². The van der Waals surface area contributed by atoms with Gasteiger partial charge in [-0.25, -0.2) is 0 Å². The Bertz CT molecular complexity index is 362. The molecule has 1 nitrogen and oxygen atoms in total. The van der Waals surface area contributed by atoms with Gasteiger partial charge in [-0.05, 0) is 55.5 Å². The molecule has 0 aliphatic heterocycles. The van der Waals surface area contributed by atoms with Crippen molar-refractivity contribution in [3.8, 4) is 0 Å². The van der Waals surface area contributed by atoms with E-state index in [1.165, 1.54) is 55.5 Å².